The lowest BCUT2D eigenvalue weighted by atomic mass is 10.1. The van der Waals surface area contributed by atoms with E-state index in [0.717, 1.165) is 5.25 Å². The summed E-state index contributed by atoms with van der Waals surface area (Å²) in [6, 6.07) is 8.92. The maximum absolute atomic E-state index is 2.26. The van der Waals surface area contributed by atoms with Gasteiger partial charge in [-0.2, -0.15) is 11.8 Å². The highest BCUT2D eigenvalue weighted by Crippen LogP contribution is 2.42. The molecule has 70 valence electrons. The Labute approximate surface area is 84.1 Å². The van der Waals surface area contributed by atoms with Crippen molar-refractivity contribution >= 4 is 17.4 Å². The first-order valence-corrected chi connectivity index (χ1v) is 5.71. The van der Waals surface area contributed by atoms with E-state index in [1.54, 1.807) is 0 Å². The maximum Gasteiger partial charge on any atom is 0.0361 e. The van der Waals surface area contributed by atoms with E-state index >= 15 is 0 Å². The number of nitrogens with zero attached hydrogens (tertiary/aromatic N) is 1. The number of hydrogen-bond acceptors (Lipinski definition) is 2. The molecule has 0 N–H and O–H groups in total. The smallest absolute Gasteiger partial charge is 0.0361 e. The topological polar surface area (TPSA) is 3.24 Å². The summed E-state index contributed by atoms with van der Waals surface area (Å²) in [5.74, 6) is 1.33. The molecule has 1 aromatic rings. The molecule has 0 radical (unpaired) electrons. The molecule has 2 rings (SSSR count). The quantitative estimate of drug-likeness (QED) is 0.710. The number of rotatable bonds is 2. The molecule has 0 aliphatic carbocycles. The van der Waals surface area contributed by atoms with Crippen LogP contribution in [-0.4, -0.2) is 19.8 Å². The van der Waals surface area contributed by atoms with Crippen molar-refractivity contribution in [2.24, 2.45) is 0 Å². The first-order valence-electron chi connectivity index (χ1n) is 4.66. The fourth-order valence-corrected chi connectivity index (χ4v) is 2.31. The standard InChI is InChI=1S/C11H15NS/c1-12(2)10-5-3-9(4-6-10)11-7-8-13-11/h3-6,11H,7-8H2,1-2H3. The van der Waals surface area contributed by atoms with Crippen molar-refractivity contribution in [3.63, 3.8) is 0 Å². The lowest BCUT2D eigenvalue weighted by Gasteiger charge is -2.25. The van der Waals surface area contributed by atoms with Gasteiger partial charge < -0.3 is 4.90 Å². The summed E-state index contributed by atoms with van der Waals surface area (Å²) in [5.41, 5.74) is 2.77. The van der Waals surface area contributed by atoms with Crippen molar-refractivity contribution in [3.8, 4) is 0 Å². The van der Waals surface area contributed by atoms with Crippen LogP contribution in [0, 0.1) is 0 Å². The van der Waals surface area contributed by atoms with Gasteiger partial charge in [-0.05, 0) is 29.9 Å². The van der Waals surface area contributed by atoms with Crippen LogP contribution in [0.15, 0.2) is 24.3 Å². The minimum absolute atomic E-state index is 0.774. The Kier molecular flexibility index (Phi) is 2.49. The van der Waals surface area contributed by atoms with E-state index in [9.17, 15) is 0 Å². The van der Waals surface area contributed by atoms with Crippen LogP contribution in [-0.2, 0) is 0 Å². The van der Waals surface area contributed by atoms with E-state index in [4.69, 9.17) is 0 Å². The molecule has 1 aliphatic heterocycles. The molecule has 0 amide bonds. The Bertz CT molecular complexity index is 275. The van der Waals surface area contributed by atoms with Gasteiger partial charge in [-0.25, -0.2) is 0 Å². The lowest BCUT2D eigenvalue weighted by Crippen LogP contribution is -2.10. The number of benzene rings is 1. The highest BCUT2D eigenvalue weighted by Gasteiger charge is 2.19. The molecule has 1 atom stereocenters. The van der Waals surface area contributed by atoms with Crippen molar-refractivity contribution in [1.29, 1.82) is 0 Å². The van der Waals surface area contributed by atoms with Gasteiger partial charge in [-0.3, -0.25) is 0 Å². The van der Waals surface area contributed by atoms with Crippen molar-refractivity contribution < 1.29 is 0 Å². The zero-order valence-corrected chi connectivity index (χ0v) is 8.97. The number of hydrogen-bond donors (Lipinski definition) is 0. The summed E-state index contributed by atoms with van der Waals surface area (Å²) >= 11 is 2.06. The third-order valence-corrected chi connectivity index (χ3v) is 3.86. The van der Waals surface area contributed by atoms with Crippen LogP contribution in [0.2, 0.25) is 0 Å². The number of anilines is 1. The Hall–Kier alpha value is -0.630. The molecule has 0 bridgehead atoms. The van der Waals surface area contributed by atoms with E-state index in [1.165, 1.54) is 23.4 Å². The highest BCUT2D eigenvalue weighted by molar-refractivity contribution is 8.00. The van der Waals surface area contributed by atoms with Gasteiger partial charge >= 0.3 is 0 Å². The monoisotopic (exact) mass is 193 g/mol. The van der Waals surface area contributed by atoms with Crippen molar-refractivity contribution in [1.82, 2.24) is 0 Å². The molecule has 1 unspecified atom stereocenters. The van der Waals surface area contributed by atoms with E-state index in [1.807, 2.05) is 0 Å². The van der Waals surface area contributed by atoms with Crippen LogP contribution < -0.4 is 4.90 Å². The fourth-order valence-electron chi connectivity index (χ4n) is 1.49. The molecule has 0 spiro atoms. The van der Waals surface area contributed by atoms with Gasteiger partial charge in [0, 0.05) is 25.0 Å². The summed E-state index contributed by atoms with van der Waals surface area (Å²) in [6.45, 7) is 0. The molecule has 1 aromatic carbocycles. The average Bonchev–Trinajstić information content (AvgIpc) is 2.02. The Morgan fingerprint density at radius 3 is 2.23 bits per heavy atom. The average molecular weight is 193 g/mol. The summed E-state index contributed by atoms with van der Waals surface area (Å²) < 4.78 is 0. The van der Waals surface area contributed by atoms with Crippen molar-refractivity contribution in [2.75, 3.05) is 24.7 Å². The molecule has 0 aromatic heterocycles. The van der Waals surface area contributed by atoms with E-state index in [-0.39, 0.29) is 0 Å². The van der Waals surface area contributed by atoms with E-state index in [2.05, 4.69) is 55.0 Å². The molecule has 1 nitrogen and oxygen atoms in total. The Morgan fingerprint density at radius 2 is 1.85 bits per heavy atom. The van der Waals surface area contributed by atoms with Gasteiger partial charge in [0.25, 0.3) is 0 Å². The van der Waals surface area contributed by atoms with Gasteiger partial charge in [0.05, 0.1) is 0 Å². The zero-order valence-electron chi connectivity index (χ0n) is 8.16. The molecule has 2 heteroatoms. The van der Waals surface area contributed by atoms with Crippen LogP contribution in [0.5, 0.6) is 0 Å². The predicted octanol–water partition coefficient (Wildman–Crippen LogP) is 2.93. The minimum atomic E-state index is 0.774. The molecule has 1 heterocycles. The SMILES string of the molecule is CN(C)c1ccc(C2CCS2)cc1. The number of thioether (sulfide) groups is 1. The van der Waals surface area contributed by atoms with Crippen LogP contribution in [0.25, 0.3) is 0 Å². The van der Waals surface area contributed by atoms with Gasteiger partial charge in [0.15, 0.2) is 0 Å². The van der Waals surface area contributed by atoms with Gasteiger partial charge in [-0.15, -0.1) is 0 Å². The molecule has 13 heavy (non-hydrogen) atoms. The van der Waals surface area contributed by atoms with Gasteiger partial charge in [0.1, 0.15) is 0 Å². The second kappa shape index (κ2) is 3.62. The Morgan fingerprint density at radius 1 is 1.23 bits per heavy atom. The third-order valence-electron chi connectivity index (χ3n) is 2.48. The minimum Gasteiger partial charge on any atom is -0.378 e. The lowest BCUT2D eigenvalue weighted by molar-refractivity contribution is 0.849. The normalized spacial score (nSPS) is 20.9. The third kappa shape index (κ3) is 1.83. The van der Waals surface area contributed by atoms with Crippen LogP contribution in [0.1, 0.15) is 17.2 Å². The first-order chi connectivity index (χ1) is 6.27. The van der Waals surface area contributed by atoms with E-state index < -0.39 is 0 Å². The second-order valence-corrected chi connectivity index (χ2v) is 4.94. The summed E-state index contributed by atoms with van der Waals surface area (Å²) in [5, 5.41) is 0.774. The molecule has 1 aliphatic rings. The van der Waals surface area contributed by atoms with Crippen LogP contribution >= 0.6 is 11.8 Å². The van der Waals surface area contributed by atoms with Crippen molar-refractivity contribution in [3.05, 3.63) is 29.8 Å². The summed E-state index contributed by atoms with van der Waals surface area (Å²) in [4.78, 5) is 2.14. The molecular weight excluding hydrogens is 178 g/mol. The predicted molar refractivity (Wildman–Crippen MR) is 60.6 cm³/mol. The summed E-state index contributed by atoms with van der Waals surface area (Å²) in [7, 11) is 4.15. The van der Waals surface area contributed by atoms with Crippen LogP contribution in [0.3, 0.4) is 0 Å². The molecule has 1 saturated heterocycles. The zero-order chi connectivity index (χ0) is 9.26. The van der Waals surface area contributed by atoms with Gasteiger partial charge in [0.2, 0.25) is 0 Å². The second-order valence-electron chi connectivity index (χ2n) is 3.63. The van der Waals surface area contributed by atoms with Crippen LogP contribution in [0.4, 0.5) is 5.69 Å². The first kappa shape index (κ1) is 8.95. The Balaban J connectivity index is 2.13. The highest BCUT2D eigenvalue weighted by atomic mass is 32.2. The molecular formula is C11H15NS. The van der Waals surface area contributed by atoms with Gasteiger partial charge in [-0.1, -0.05) is 12.1 Å². The fraction of sp³-hybridized carbons (Fsp3) is 0.455. The molecule has 1 fully saturated rings. The van der Waals surface area contributed by atoms with Crippen molar-refractivity contribution in [2.45, 2.75) is 11.7 Å². The molecule has 0 saturated carbocycles. The van der Waals surface area contributed by atoms with E-state index in [0.29, 0.717) is 0 Å². The summed E-state index contributed by atoms with van der Waals surface area (Å²) in [6.07, 6.45) is 1.35. The maximum atomic E-state index is 2.26. The largest absolute Gasteiger partial charge is 0.378 e.